The van der Waals surface area contributed by atoms with Gasteiger partial charge < -0.3 is 10.2 Å². The van der Waals surface area contributed by atoms with Gasteiger partial charge in [-0.15, -0.1) is 5.10 Å². The molecule has 30 heavy (non-hydrogen) atoms. The minimum atomic E-state index is -0.674. The summed E-state index contributed by atoms with van der Waals surface area (Å²) in [5.74, 6) is -1.36. The number of hydrogen-bond donors (Lipinski definition) is 2. The van der Waals surface area contributed by atoms with Gasteiger partial charge in [0.1, 0.15) is 6.04 Å². The molecule has 0 bridgehead atoms. The van der Waals surface area contributed by atoms with Gasteiger partial charge in [0.25, 0.3) is 11.8 Å². The van der Waals surface area contributed by atoms with E-state index in [2.05, 4.69) is 20.9 Å². The molecule has 1 unspecified atom stereocenters. The number of carbonyl (C=O) groups excluding carboxylic acids is 4. The number of nitrogens with one attached hydrogen (secondary N) is 2. The first-order valence-corrected chi connectivity index (χ1v) is 9.39. The molecule has 4 amide bonds. The van der Waals surface area contributed by atoms with Crippen LogP contribution in [0.2, 0.25) is 0 Å². The molecule has 150 valence electrons. The summed E-state index contributed by atoms with van der Waals surface area (Å²) in [5, 5.41) is 12.8. The minimum absolute atomic E-state index is 0.201. The summed E-state index contributed by atoms with van der Waals surface area (Å²) in [4.78, 5) is 50.5. The standard InChI is InChI=1S/C20H16N6O4/c27-17-6-5-15(19(29)23-17)25-10-11-8-12(3-4-13(11)20(25)30)22-18(28)14-2-1-7-26-16(14)9-21-24-26/h1-4,7-9,15H,5-6,10H2,(H,22,28)(H,23,27,29). The van der Waals surface area contributed by atoms with Crippen LogP contribution in [0.4, 0.5) is 5.69 Å². The lowest BCUT2D eigenvalue weighted by molar-refractivity contribution is -0.136. The Labute approximate surface area is 169 Å². The van der Waals surface area contributed by atoms with Crippen LogP contribution in [0.1, 0.15) is 39.1 Å². The first-order chi connectivity index (χ1) is 14.5. The third kappa shape index (κ3) is 2.89. The van der Waals surface area contributed by atoms with Crippen molar-refractivity contribution in [3.05, 3.63) is 59.4 Å². The number of aromatic nitrogens is 3. The maximum absolute atomic E-state index is 12.8. The molecule has 0 saturated carbocycles. The van der Waals surface area contributed by atoms with Gasteiger partial charge in [-0.2, -0.15) is 0 Å². The van der Waals surface area contributed by atoms with E-state index in [9.17, 15) is 19.2 Å². The van der Waals surface area contributed by atoms with Gasteiger partial charge in [0.05, 0.1) is 17.3 Å². The van der Waals surface area contributed by atoms with Crippen molar-refractivity contribution in [1.29, 1.82) is 0 Å². The van der Waals surface area contributed by atoms with Gasteiger partial charge in [0, 0.05) is 30.4 Å². The number of amides is 4. The largest absolute Gasteiger partial charge is 0.322 e. The molecule has 10 heteroatoms. The molecule has 4 heterocycles. The van der Waals surface area contributed by atoms with Crippen molar-refractivity contribution in [3.63, 3.8) is 0 Å². The van der Waals surface area contributed by atoms with Gasteiger partial charge in [-0.25, -0.2) is 4.52 Å². The Bertz CT molecular complexity index is 1230. The van der Waals surface area contributed by atoms with Gasteiger partial charge in [-0.1, -0.05) is 5.21 Å². The highest BCUT2D eigenvalue weighted by molar-refractivity contribution is 6.09. The fourth-order valence-corrected chi connectivity index (χ4v) is 3.90. The van der Waals surface area contributed by atoms with Gasteiger partial charge in [-0.3, -0.25) is 24.5 Å². The summed E-state index contributed by atoms with van der Waals surface area (Å²) >= 11 is 0. The molecule has 2 aliphatic rings. The van der Waals surface area contributed by atoms with Gasteiger partial charge >= 0.3 is 0 Å². The van der Waals surface area contributed by atoms with E-state index in [1.165, 1.54) is 15.6 Å². The third-order valence-electron chi connectivity index (χ3n) is 5.37. The second-order valence-electron chi connectivity index (χ2n) is 7.21. The zero-order valence-electron chi connectivity index (χ0n) is 15.7. The maximum Gasteiger partial charge on any atom is 0.257 e. The van der Waals surface area contributed by atoms with E-state index < -0.39 is 11.9 Å². The summed E-state index contributed by atoms with van der Waals surface area (Å²) in [6, 6.07) is 7.72. The maximum atomic E-state index is 12.8. The first kappa shape index (κ1) is 18.0. The third-order valence-corrected chi connectivity index (χ3v) is 5.37. The second kappa shape index (κ2) is 6.76. The Morgan fingerprint density at radius 1 is 1.20 bits per heavy atom. The first-order valence-electron chi connectivity index (χ1n) is 9.39. The number of piperidine rings is 1. The van der Waals surface area contributed by atoms with E-state index in [-0.39, 0.29) is 30.7 Å². The van der Waals surface area contributed by atoms with E-state index in [1.807, 2.05) is 0 Å². The van der Waals surface area contributed by atoms with Crippen molar-refractivity contribution in [2.24, 2.45) is 0 Å². The van der Waals surface area contributed by atoms with Crippen LogP contribution in [0.5, 0.6) is 0 Å². The average Bonchev–Trinajstić information content (AvgIpc) is 3.32. The zero-order chi connectivity index (χ0) is 20.8. The van der Waals surface area contributed by atoms with E-state index in [4.69, 9.17) is 0 Å². The van der Waals surface area contributed by atoms with Gasteiger partial charge in [0.2, 0.25) is 11.8 Å². The minimum Gasteiger partial charge on any atom is -0.322 e. The van der Waals surface area contributed by atoms with E-state index in [0.29, 0.717) is 34.3 Å². The van der Waals surface area contributed by atoms with Crippen LogP contribution in [-0.2, 0) is 16.1 Å². The molecular formula is C20H16N6O4. The summed E-state index contributed by atoms with van der Waals surface area (Å²) in [6.45, 7) is 0.242. The summed E-state index contributed by atoms with van der Waals surface area (Å²) in [6.07, 6.45) is 3.71. The molecule has 3 aromatic rings. The molecule has 0 radical (unpaired) electrons. The fourth-order valence-electron chi connectivity index (χ4n) is 3.90. The van der Waals surface area contributed by atoms with Crippen LogP contribution >= 0.6 is 0 Å². The number of nitrogens with zero attached hydrogens (tertiary/aromatic N) is 4. The molecule has 1 saturated heterocycles. The monoisotopic (exact) mass is 404 g/mol. The summed E-state index contributed by atoms with van der Waals surface area (Å²) in [7, 11) is 0. The highest BCUT2D eigenvalue weighted by atomic mass is 16.2. The van der Waals surface area contributed by atoms with E-state index in [0.717, 1.165) is 0 Å². The zero-order valence-corrected chi connectivity index (χ0v) is 15.7. The number of hydrogen-bond acceptors (Lipinski definition) is 6. The van der Waals surface area contributed by atoms with E-state index >= 15 is 0 Å². The lowest BCUT2D eigenvalue weighted by Crippen LogP contribution is -2.52. The molecule has 1 fully saturated rings. The van der Waals surface area contributed by atoms with Crippen molar-refractivity contribution in [1.82, 2.24) is 25.0 Å². The molecule has 10 nitrogen and oxygen atoms in total. The number of pyridine rings is 1. The van der Waals surface area contributed by atoms with Crippen molar-refractivity contribution in [2.45, 2.75) is 25.4 Å². The Kier molecular flexibility index (Phi) is 4.05. The molecule has 2 N–H and O–H groups in total. The van der Waals surface area contributed by atoms with Crippen molar-refractivity contribution >= 4 is 34.8 Å². The lowest BCUT2D eigenvalue weighted by Gasteiger charge is -2.29. The Hall–Kier alpha value is -4.08. The molecule has 0 spiro atoms. The SMILES string of the molecule is O=C1CCC(N2Cc3cc(NC(=O)c4cccn5nncc45)ccc3C2=O)C(=O)N1. The number of imide groups is 1. The topological polar surface area (TPSA) is 126 Å². The summed E-state index contributed by atoms with van der Waals surface area (Å²) in [5.41, 5.74) is 2.73. The van der Waals surface area contributed by atoms with Crippen LogP contribution < -0.4 is 10.6 Å². The molecule has 2 aliphatic heterocycles. The van der Waals surface area contributed by atoms with Crippen molar-refractivity contribution in [2.75, 3.05) is 5.32 Å². The number of rotatable bonds is 3. The van der Waals surface area contributed by atoms with Crippen LogP contribution in [0.25, 0.3) is 5.52 Å². The molecular weight excluding hydrogens is 388 g/mol. The van der Waals surface area contributed by atoms with E-state index in [1.54, 1.807) is 36.5 Å². The molecule has 2 aromatic heterocycles. The number of benzene rings is 1. The highest BCUT2D eigenvalue weighted by Gasteiger charge is 2.39. The molecule has 5 rings (SSSR count). The average molecular weight is 404 g/mol. The second-order valence-corrected chi connectivity index (χ2v) is 7.21. The Balaban J connectivity index is 1.37. The van der Waals surface area contributed by atoms with Crippen molar-refractivity contribution < 1.29 is 19.2 Å². The smallest absolute Gasteiger partial charge is 0.257 e. The van der Waals surface area contributed by atoms with Crippen LogP contribution in [0.15, 0.2) is 42.7 Å². The molecule has 1 aromatic carbocycles. The summed E-state index contributed by atoms with van der Waals surface area (Å²) < 4.78 is 1.51. The number of fused-ring (bicyclic) bond motifs is 2. The van der Waals surface area contributed by atoms with Crippen LogP contribution in [-0.4, -0.2) is 49.4 Å². The molecule has 1 atom stereocenters. The predicted octanol–water partition coefficient (Wildman–Crippen LogP) is 0.743. The van der Waals surface area contributed by atoms with Crippen molar-refractivity contribution in [3.8, 4) is 0 Å². The number of anilines is 1. The van der Waals surface area contributed by atoms with Gasteiger partial charge in [-0.05, 0) is 42.3 Å². The quantitative estimate of drug-likeness (QED) is 0.620. The predicted molar refractivity (Wildman–Crippen MR) is 103 cm³/mol. The number of carbonyl (C=O) groups is 4. The highest BCUT2D eigenvalue weighted by Crippen LogP contribution is 2.29. The molecule has 0 aliphatic carbocycles. The Morgan fingerprint density at radius 2 is 2.07 bits per heavy atom. The van der Waals surface area contributed by atoms with Gasteiger partial charge in [0.15, 0.2) is 0 Å². The Morgan fingerprint density at radius 3 is 2.90 bits per heavy atom. The lowest BCUT2D eigenvalue weighted by atomic mass is 10.0. The fraction of sp³-hybridized carbons (Fsp3) is 0.200. The van der Waals surface area contributed by atoms with Crippen LogP contribution in [0.3, 0.4) is 0 Å². The van der Waals surface area contributed by atoms with Crippen LogP contribution in [0, 0.1) is 0 Å². The normalized spacial score (nSPS) is 18.5.